The summed E-state index contributed by atoms with van der Waals surface area (Å²) in [6.45, 7) is 4.30. The van der Waals surface area contributed by atoms with E-state index in [9.17, 15) is 9.59 Å². The molecule has 1 N–H and O–H groups in total. The van der Waals surface area contributed by atoms with Gasteiger partial charge in [-0.1, -0.05) is 6.08 Å². The Balaban J connectivity index is 2.51. The van der Waals surface area contributed by atoms with Gasteiger partial charge in [-0.3, -0.25) is 9.59 Å². The Kier molecular flexibility index (Phi) is 6.90. The van der Waals surface area contributed by atoms with Crippen molar-refractivity contribution < 1.29 is 9.59 Å². The lowest BCUT2D eigenvalue weighted by Gasteiger charge is -2.13. The maximum absolute atomic E-state index is 11.8. The first-order valence-corrected chi connectivity index (χ1v) is 8.05. The second-order valence-corrected chi connectivity index (χ2v) is 5.72. The van der Waals surface area contributed by atoms with Gasteiger partial charge in [0, 0.05) is 24.4 Å². The molecule has 0 aliphatic heterocycles. The summed E-state index contributed by atoms with van der Waals surface area (Å²) in [4.78, 5) is 24.0. The van der Waals surface area contributed by atoms with E-state index < -0.39 is 0 Å². The third kappa shape index (κ3) is 4.74. The van der Waals surface area contributed by atoms with Crippen LogP contribution in [0.15, 0.2) is 35.4 Å². The minimum absolute atomic E-state index is 0.103. The minimum atomic E-state index is -0.120. The van der Waals surface area contributed by atoms with E-state index in [-0.39, 0.29) is 11.6 Å². The van der Waals surface area contributed by atoms with E-state index in [1.54, 1.807) is 17.8 Å². The highest BCUT2D eigenvalue weighted by molar-refractivity contribution is 8.04. The van der Waals surface area contributed by atoms with Gasteiger partial charge in [0.15, 0.2) is 5.78 Å². The molecule has 0 amide bonds. The highest BCUT2D eigenvalue weighted by Gasteiger charge is 2.19. The van der Waals surface area contributed by atoms with Crippen molar-refractivity contribution in [3.05, 3.63) is 35.4 Å². The maximum Gasteiger partial charge on any atom is 0.203 e. The van der Waals surface area contributed by atoms with Gasteiger partial charge in [0.25, 0.3) is 0 Å². The van der Waals surface area contributed by atoms with Crippen molar-refractivity contribution in [2.45, 2.75) is 6.42 Å². The molecule has 0 saturated carbocycles. The number of allylic oxidation sites excluding steroid dienone is 3. The SMILES string of the molecule is C=CCSC1=CC(=O)C(NCCCSC)=CC1=O. The van der Waals surface area contributed by atoms with Gasteiger partial charge in [0.1, 0.15) is 0 Å². The Bertz CT molecular complexity index is 400. The molecular weight excluding hydrogens is 266 g/mol. The number of rotatable bonds is 8. The molecule has 5 heteroatoms. The van der Waals surface area contributed by atoms with Gasteiger partial charge in [-0.05, 0) is 18.4 Å². The van der Waals surface area contributed by atoms with E-state index >= 15 is 0 Å². The van der Waals surface area contributed by atoms with Gasteiger partial charge in [0.05, 0.1) is 10.6 Å². The van der Waals surface area contributed by atoms with Gasteiger partial charge < -0.3 is 5.32 Å². The molecule has 0 spiro atoms. The summed E-state index contributed by atoms with van der Waals surface area (Å²) in [7, 11) is 0. The molecule has 0 unspecified atom stereocenters. The molecule has 98 valence electrons. The Labute approximate surface area is 116 Å². The fourth-order valence-electron chi connectivity index (χ4n) is 1.38. The van der Waals surface area contributed by atoms with Crippen LogP contribution in [0.5, 0.6) is 0 Å². The predicted molar refractivity (Wildman–Crippen MR) is 79.8 cm³/mol. The van der Waals surface area contributed by atoms with E-state index in [1.165, 1.54) is 23.9 Å². The number of ketones is 2. The van der Waals surface area contributed by atoms with Crippen LogP contribution in [0.3, 0.4) is 0 Å². The topological polar surface area (TPSA) is 46.2 Å². The van der Waals surface area contributed by atoms with Crippen LogP contribution >= 0.6 is 23.5 Å². The molecule has 1 aliphatic rings. The maximum atomic E-state index is 11.8. The van der Waals surface area contributed by atoms with Gasteiger partial charge in [-0.25, -0.2) is 0 Å². The van der Waals surface area contributed by atoms with E-state index in [1.807, 2.05) is 6.26 Å². The highest BCUT2D eigenvalue weighted by Crippen LogP contribution is 2.21. The molecule has 0 aromatic rings. The van der Waals surface area contributed by atoms with Crippen molar-refractivity contribution in [3.8, 4) is 0 Å². The number of carbonyl (C=O) groups is 2. The van der Waals surface area contributed by atoms with Crippen LogP contribution in [0.4, 0.5) is 0 Å². The highest BCUT2D eigenvalue weighted by atomic mass is 32.2. The molecule has 0 radical (unpaired) electrons. The van der Waals surface area contributed by atoms with Crippen LogP contribution in [0, 0.1) is 0 Å². The second kappa shape index (κ2) is 8.21. The van der Waals surface area contributed by atoms with Crippen molar-refractivity contribution in [1.29, 1.82) is 0 Å². The summed E-state index contributed by atoms with van der Waals surface area (Å²) in [5.41, 5.74) is 0.407. The number of hydrogen-bond acceptors (Lipinski definition) is 5. The number of hydrogen-bond donors (Lipinski definition) is 1. The van der Waals surface area contributed by atoms with Crippen LogP contribution < -0.4 is 5.32 Å². The smallest absolute Gasteiger partial charge is 0.203 e. The van der Waals surface area contributed by atoms with E-state index in [0.29, 0.717) is 22.9 Å². The first kappa shape index (κ1) is 15.1. The fourth-order valence-corrected chi connectivity index (χ4v) is 2.50. The summed E-state index contributed by atoms with van der Waals surface area (Å²) in [5, 5.41) is 3.02. The van der Waals surface area contributed by atoms with Crippen LogP contribution in [-0.2, 0) is 9.59 Å². The zero-order chi connectivity index (χ0) is 13.4. The Morgan fingerprint density at radius 2 is 2.11 bits per heavy atom. The third-order valence-corrected chi connectivity index (χ3v) is 3.97. The van der Waals surface area contributed by atoms with Crippen molar-refractivity contribution in [1.82, 2.24) is 5.32 Å². The lowest BCUT2D eigenvalue weighted by atomic mass is 10.1. The molecule has 18 heavy (non-hydrogen) atoms. The van der Waals surface area contributed by atoms with E-state index in [0.717, 1.165) is 12.2 Å². The zero-order valence-electron chi connectivity index (χ0n) is 10.4. The third-order valence-electron chi connectivity index (χ3n) is 2.24. The summed E-state index contributed by atoms with van der Waals surface area (Å²) >= 11 is 3.10. The Morgan fingerprint density at radius 1 is 1.33 bits per heavy atom. The van der Waals surface area contributed by atoms with Crippen molar-refractivity contribution in [3.63, 3.8) is 0 Å². The Morgan fingerprint density at radius 3 is 2.78 bits per heavy atom. The zero-order valence-corrected chi connectivity index (χ0v) is 12.0. The molecular formula is C13H17NO2S2. The van der Waals surface area contributed by atoms with Crippen LogP contribution in [0.25, 0.3) is 0 Å². The molecule has 1 aliphatic carbocycles. The lowest BCUT2D eigenvalue weighted by molar-refractivity contribution is -0.115. The van der Waals surface area contributed by atoms with Gasteiger partial charge >= 0.3 is 0 Å². The van der Waals surface area contributed by atoms with Gasteiger partial charge in [-0.2, -0.15) is 11.8 Å². The largest absolute Gasteiger partial charge is 0.382 e. The molecule has 0 aromatic carbocycles. The van der Waals surface area contributed by atoms with Crippen molar-refractivity contribution in [2.24, 2.45) is 0 Å². The average molecular weight is 283 g/mol. The minimum Gasteiger partial charge on any atom is -0.382 e. The normalized spacial score (nSPS) is 15.2. The molecule has 1 rings (SSSR count). The molecule has 0 bridgehead atoms. The Hall–Kier alpha value is -0.940. The standard InChI is InChI=1S/C13H17NO2S2/c1-3-6-18-13-9-11(15)10(8-12(13)16)14-5-4-7-17-2/h3,8-9,14H,1,4-7H2,2H3. The first-order valence-electron chi connectivity index (χ1n) is 5.67. The fraction of sp³-hybridized carbons (Fsp3) is 0.385. The summed E-state index contributed by atoms with van der Waals surface area (Å²) in [6, 6.07) is 0. The summed E-state index contributed by atoms with van der Waals surface area (Å²) < 4.78 is 0. The van der Waals surface area contributed by atoms with Crippen LogP contribution in [0.2, 0.25) is 0 Å². The van der Waals surface area contributed by atoms with E-state index in [2.05, 4.69) is 11.9 Å². The quantitative estimate of drug-likeness (QED) is 0.420. The lowest BCUT2D eigenvalue weighted by Crippen LogP contribution is -2.25. The molecule has 0 atom stereocenters. The molecule has 0 aromatic heterocycles. The molecule has 3 nitrogen and oxygen atoms in total. The predicted octanol–water partition coefficient (Wildman–Crippen LogP) is 2.17. The number of thioether (sulfide) groups is 2. The molecule has 0 heterocycles. The molecule has 0 saturated heterocycles. The summed E-state index contributed by atoms with van der Waals surface area (Å²) in [5.74, 6) is 1.45. The average Bonchev–Trinajstić information content (AvgIpc) is 2.36. The van der Waals surface area contributed by atoms with Crippen molar-refractivity contribution >= 4 is 35.1 Å². The van der Waals surface area contributed by atoms with Gasteiger partial charge in [0.2, 0.25) is 5.78 Å². The monoisotopic (exact) mass is 283 g/mol. The van der Waals surface area contributed by atoms with E-state index in [4.69, 9.17) is 0 Å². The molecule has 0 fully saturated rings. The van der Waals surface area contributed by atoms with Crippen molar-refractivity contribution in [2.75, 3.05) is 24.3 Å². The van der Waals surface area contributed by atoms with Gasteiger partial charge in [-0.15, -0.1) is 18.3 Å². The summed E-state index contributed by atoms with van der Waals surface area (Å²) in [6.07, 6.45) is 7.53. The number of carbonyl (C=O) groups excluding carboxylic acids is 2. The second-order valence-electron chi connectivity index (χ2n) is 3.67. The van der Waals surface area contributed by atoms with Crippen LogP contribution in [0.1, 0.15) is 6.42 Å². The number of nitrogens with one attached hydrogen (secondary N) is 1. The van der Waals surface area contributed by atoms with Crippen LogP contribution in [-0.4, -0.2) is 35.9 Å². The first-order chi connectivity index (χ1) is 8.69.